The van der Waals surface area contributed by atoms with Gasteiger partial charge in [-0.25, -0.2) is 4.79 Å². The fraction of sp³-hybridized carbons (Fsp3) is 0.750. The molecule has 0 atom stereocenters. The van der Waals surface area contributed by atoms with Crippen molar-refractivity contribution in [2.75, 3.05) is 0 Å². The third-order valence-corrected chi connectivity index (χ3v) is 0.523. The summed E-state index contributed by atoms with van der Waals surface area (Å²) < 4.78 is 0. The minimum absolute atomic E-state index is 0. The highest BCUT2D eigenvalue weighted by Gasteiger charge is 2.21. The quantitative estimate of drug-likeness (QED) is 0.550. The zero-order valence-corrected chi connectivity index (χ0v) is 5.53. The molecule has 0 unspecified atom stereocenters. The largest absolute Gasteiger partial charge is 0.479 e. The fourth-order valence-corrected chi connectivity index (χ4v) is 0. The van der Waals surface area contributed by atoms with Crippen LogP contribution >= 0.6 is 12.4 Å². The maximum Gasteiger partial charge on any atom is 0.335 e. The predicted octanol–water partition coefficient (Wildman–Crippen LogP) is 0.264. The van der Waals surface area contributed by atoms with Crippen LogP contribution in [0.2, 0.25) is 0 Å². The van der Waals surface area contributed by atoms with Crippen LogP contribution in [0.25, 0.3) is 0 Å². The van der Waals surface area contributed by atoms with Crippen molar-refractivity contribution in [2.24, 2.45) is 0 Å². The number of aliphatic hydroxyl groups is 1. The molecule has 0 saturated heterocycles. The van der Waals surface area contributed by atoms with Gasteiger partial charge in [-0.3, -0.25) is 0 Å². The molecule has 0 heterocycles. The highest BCUT2D eigenvalue weighted by molar-refractivity contribution is 5.85. The molecule has 0 bridgehead atoms. The first kappa shape index (κ1) is 10.7. The van der Waals surface area contributed by atoms with Gasteiger partial charge in [0.05, 0.1) is 0 Å². The van der Waals surface area contributed by atoms with E-state index in [2.05, 4.69) is 0 Å². The highest BCUT2D eigenvalue weighted by Crippen LogP contribution is 1.97. The van der Waals surface area contributed by atoms with Crippen molar-refractivity contribution in [1.29, 1.82) is 0 Å². The summed E-state index contributed by atoms with van der Waals surface area (Å²) in [6.07, 6.45) is 0. The van der Waals surface area contributed by atoms with Gasteiger partial charge >= 0.3 is 5.97 Å². The van der Waals surface area contributed by atoms with Crippen LogP contribution in [-0.4, -0.2) is 21.8 Å². The van der Waals surface area contributed by atoms with Gasteiger partial charge in [0.2, 0.25) is 0 Å². The first-order valence-electron chi connectivity index (χ1n) is 1.90. The molecule has 0 aromatic carbocycles. The summed E-state index contributed by atoms with van der Waals surface area (Å²) in [6, 6.07) is 0. The molecule has 8 heavy (non-hydrogen) atoms. The maximum atomic E-state index is 9.77. The molecule has 0 saturated carbocycles. The molecule has 0 amide bonds. The molecule has 0 rings (SSSR count). The second-order valence-corrected chi connectivity index (χ2v) is 1.86. The lowest BCUT2D eigenvalue weighted by molar-refractivity contribution is -0.154. The summed E-state index contributed by atoms with van der Waals surface area (Å²) in [5.41, 5.74) is -1.58. The average Bonchev–Trinajstić information content (AvgIpc) is 1.31. The van der Waals surface area contributed by atoms with Crippen LogP contribution in [0.5, 0.6) is 0 Å². The first-order valence-corrected chi connectivity index (χ1v) is 1.90. The molecular weight excluding hydrogens is 131 g/mol. The normalized spacial score (nSPS) is 9.88. The molecule has 3 nitrogen and oxygen atoms in total. The lowest BCUT2D eigenvalue weighted by atomic mass is 10.1. The molecule has 2 N–H and O–H groups in total. The topological polar surface area (TPSA) is 57.5 Å². The smallest absolute Gasteiger partial charge is 0.335 e. The van der Waals surface area contributed by atoms with Crippen LogP contribution in [0, 0.1) is 0 Å². The number of rotatable bonds is 1. The monoisotopic (exact) mass is 140 g/mol. The fourth-order valence-electron chi connectivity index (χ4n) is 0. The van der Waals surface area contributed by atoms with E-state index >= 15 is 0 Å². The lowest BCUT2D eigenvalue weighted by Gasteiger charge is -2.07. The van der Waals surface area contributed by atoms with Crippen LogP contribution in [0.4, 0.5) is 0 Å². The maximum absolute atomic E-state index is 9.77. The molecule has 0 aromatic rings. The van der Waals surface area contributed by atoms with Crippen molar-refractivity contribution >= 4 is 18.4 Å². The Bertz CT molecular complexity index is 83.8. The Hall–Kier alpha value is -0.280. The second-order valence-electron chi connectivity index (χ2n) is 1.86. The average molecular weight is 141 g/mol. The SMILES string of the molecule is CC(C)(O)C(=O)O.Cl. The number of hydrogen-bond acceptors (Lipinski definition) is 2. The number of carboxylic acid groups (broad SMARTS) is 1. The van der Waals surface area contributed by atoms with E-state index in [-0.39, 0.29) is 12.4 Å². The van der Waals surface area contributed by atoms with E-state index in [0.29, 0.717) is 0 Å². The van der Waals surface area contributed by atoms with Crippen molar-refractivity contribution in [1.82, 2.24) is 0 Å². The summed E-state index contributed by atoms with van der Waals surface area (Å²) in [5, 5.41) is 16.5. The third-order valence-electron chi connectivity index (χ3n) is 0.523. The summed E-state index contributed by atoms with van der Waals surface area (Å²) in [7, 11) is 0. The van der Waals surface area contributed by atoms with Gasteiger partial charge in [0.25, 0.3) is 0 Å². The van der Waals surface area contributed by atoms with E-state index in [9.17, 15) is 4.79 Å². The van der Waals surface area contributed by atoms with Crippen LogP contribution < -0.4 is 0 Å². The van der Waals surface area contributed by atoms with E-state index < -0.39 is 11.6 Å². The molecule has 50 valence electrons. The minimum Gasteiger partial charge on any atom is -0.479 e. The zero-order valence-electron chi connectivity index (χ0n) is 4.71. The molecule has 4 heteroatoms. The van der Waals surface area contributed by atoms with E-state index in [1.165, 1.54) is 13.8 Å². The molecule has 0 aliphatic heterocycles. The van der Waals surface area contributed by atoms with E-state index in [0.717, 1.165) is 0 Å². The van der Waals surface area contributed by atoms with Gasteiger partial charge < -0.3 is 10.2 Å². The van der Waals surface area contributed by atoms with Gasteiger partial charge in [0.1, 0.15) is 0 Å². The third kappa shape index (κ3) is 3.89. The summed E-state index contributed by atoms with van der Waals surface area (Å²) in [6.45, 7) is 2.44. The number of carboxylic acids is 1. The zero-order chi connectivity index (χ0) is 6.08. The summed E-state index contributed by atoms with van der Waals surface area (Å²) in [5.74, 6) is -1.20. The van der Waals surface area contributed by atoms with Gasteiger partial charge in [-0.2, -0.15) is 0 Å². The van der Waals surface area contributed by atoms with Crippen molar-refractivity contribution in [3.05, 3.63) is 0 Å². The molecule has 0 radical (unpaired) electrons. The summed E-state index contributed by atoms with van der Waals surface area (Å²) in [4.78, 5) is 9.77. The number of carbonyl (C=O) groups is 1. The predicted molar refractivity (Wildman–Crippen MR) is 31.2 cm³/mol. The Morgan fingerprint density at radius 1 is 1.50 bits per heavy atom. The van der Waals surface area contributed by atoms with Crippen LogP contribution in [0.15, 0.2) is 0 Å². The number of halogens is 1. The van der Waals surface area contributed by atoms with E-state index in [4.69, 9.17) is 10.2 Å². The van der Waals surface area contributed by atoms with Gasteiger partial charge in [0, 0.05) is 0 Å². The molecular formula is C4H9ClO3. The summed E-state index contributed by atoms with van der Waals surface area (Å²) >= 11 is 0. The second kappa shape index (κ2) is 2.89. The Morgan fingerprint density at radius 3 is 1.62 bits per heavy atom. The number of hydrogen-bond donors (Lipinski definition) is 2. The van der Waals surface area contributed by atoms with Crippen LogP contribution in [-0.2, 0) is 4.79 Å². The molecule has 0 aliphatic rings. The lowest BCUT2D eigenvalue weighted by Crippen LogP contribution is -2.30. The standard InChI is InChI=1S/C4H8O3.ClH/c1-4(2,7)3(5)6;/h7H,1-2H3,(H,5,6);1H. The van der Waals surface area contributed by atoms with Gasteiger partial charge in [0.15, 0.2) is 5.60 Å². The molecule has 0 spiro atoms. The number of aliphatic carboxylic acids is 1. The molecule has 0 aromatic heterocycles. The van der Waals surface area contributed by atoms with Crippen LogP contribution in [0.3, 0.4) is 0 Å². The van der Waals surface area contributed by atoms with E-state index in [1.807, 2.05) is 0 Å². The van der Waals surface area contributed by atoms with Gasteiger partial charge in [-0.1, -0.05) is 0 Å². The van der Waals surface area contributed by atoms with Crippen molar-refractivity contribution in [2.45, 2.75) is 19.4 Å². The Kier molecular flexibility index (Phi) is 3.85. The van der Waals surface area contributed by atoms with Crippen molar-refractivity contribution in [3.63, 3.8) is 0 Å². The Labute approximate surface area is 53.7 Å². The van der Waals surface area contributed by atoms with Gasteiger partial charge in [-0.05, 0) is 13.8 Å². The van der Waals surface area contributed by atoms with E-state index in [1.54, 1.807) is 0 Å². The minimum atomic E-state index is -1.58. The highest BCUT2D eigenvalue weighted by atomic mass is 35.5. The van der Waals surface area contributed by atoms with Crippen molar-refractivity contribution in [3.8, 4) is 0 Å². The molecule has 0 fully saturated rings. The Balaban J connectivity index is 0. The molecule has 0 aliphatic carbocycles. The van der Waals surface area contributed by atoms with Crippen molar-refractivity contribution < 1.29 is 15.0 Å². The Morgan fingerprint density at radius 2 is 1.62 bits per heavy atom. The van der Waals surface area contributed by atoms with Gasteiger partial charge in [-0.15, -0.1) is 12.4 Å². The van der Waals surface area contributed by atoms with Crippen LogP contribution in [0.1, 0.15) is 13.8 Å². The first-order chi connectivity index (χ1) is 2.94.